The number of thiophene rings is 1. The molecule has 1 atom stereocenters. The Morgan fingerprint density at radius 1 is 1.47 bits per heavy atom. The fourth-order valence-electron chi connectivity index (χ4n) is 1.93. The third-order valence-corrected chi connectivity index (χ3v) is 4.47. The molecule has 80 valence electrons. The zero-order chi connectivity index (χ0) is 10.7. The number of hydrogen-bond donors (Lipinski definition) is 0. The summed E-state index contributed by atoms with van der Waals surface area (Å²) in [5.74, 6) is 0.0411. The molecule has 0 bridgehead atoms. The van der Waals surface area contributed by atoms with Gasteiger partial charge >= 0.3 is 0 Å². The molecule has 1 aliphatic rings. The molecule has 4 heteroatoms. The lowest BCUT2D eigenvalue weighted by atomic mass is 10.1. The van der Waals surface area contributed by atoms with E-state index >= 15 is 0 Å². The number of rotatable bonds is 3. The quantitative estimate of drug-likeness (QED) is 0.852. The molecule has 15 heavy (non-hydrogen) atoms. The molecule has 1 aliphatic heterocycles. The maximum Gasteiger partial charge on any atom is 0.0932 e. The Labute approximate surface area is 103 Å². The number of nitriles is 1. The highest BCUT2D eigenvalue weighted by Gasteiger charge is 2.19. The molecule has 1 aromatic heterocycles. The zero-order valence-corrected chi connectivity index (χ0v) is 10.9. The Kier molecular flexibility index (Phi) is 3.79. The van der Waals surface area contributed by atoms with Crippen molar-refractivity contribution in [2.24, 2.45) is 0 Å². The van der Waals surface area contributed by atoms with Crippen LogP contribution in [0.15, 0.2) is 15.9 Å². The summed E-state index contributed by atoms with van der Waals surface area (Å²) in [6.45, 7) is 3.21. The number of likely N-dealkylation sites (tertiary alicyclic amines) is 1. The van der Waals surface area contributed by atoms with E-state index in [1.165, 1.54) is 17.7 Å². The second-order valence-corrected chi connectivity index (χ2v) is 6.33. The maximum absolute atomic E-state index is 9.16. The molecule has 2 nitrogen and oxygen atoms in total. The standard InChI is InChI=1S/C11H13BrN2S/c12-11-4-3-10(15-11)9(7-13)8-14-5-1-2-6-14/h3-4,9H,1-2,5-6,8H2. The normalized spacial score (nSPS) is 18.9. The Morgan fingerprint density at radius 2 is 2.20 bits per heavy atom. The molecule has 0 aliphatic carbocycles. The summed E-state index contributed by atoms with van der Waals surface area (Å²) in [5.41, 5.74) is 0. The Hall–Kier alpha value is -0.370. The van der Waals surface area contributed by atoms with Gasteiger partial charge < -0.3 is 4.90 Å². The molecule has 1 saturated heterocycles. The molecule has 1 unspecified atom stereocenters. The summed E-state index contributed by atoms with van der Waals surface area (Å²) in [6.07, 6.45) is 2.57. The second kappa shape index (κ2) is 5.11. The molecule has 1 aromatic rings. The zero-order valence-electron chi connectivity index (χ0n) is 8.45. The number of halogens is 1. The summed E-state index contributed by atoms with van der Waals surface area (Å²) in [6, 6.07) is 6.48. The lowest BCUT2D eigenvalue weighted by molar-refractivity contribution is 0.333. The third kappa shape index (κ3) is 2.81. The van der Waals surface area contributed by atoms with Crippen LogP contribution < -0.4 is 0 Å². The largest absolute Gasteiger partial charge is 0.302 e. The first-order valence-electron chi connectivity index (χ1n) is 5.17. The molecular weight excluding hydrogens is 272 g/mol. The summed E-state index contributed by atoms with van der Waals surface area (Å²) < 4.78 is 1.11. The van der Waals surface area contributed by atoms with Gasteiger partial charge in [-0.3, -0.25) is 0 Å². The topological polar surface area (TPSA) is 27.0 Å². The highest BCUT2D eigenvalue weighted by Crippen LogP contribution is 2.29. The van der Waals surface area contributed by atoms with E-state index in [2.05, 4.69) is 33.0 Å². The van der Waals surface area contributed by atoms with Crippen molar-refractivity contribution in [1.29, 1.82) is 5.26 Å². The molecular formula is C11H13BrN2S. The predicted molar refractivity (Wildman–Crippen MR) is 66.0 cm³/mol. The van der Waals surface area contributed by atoms with Crippen LogP contribution in [0.1, 0.15) is 23.6 Å². The van der Waals surface area contributed by atoms with E-state index in [9.17, 15) is 0 Å². The van der Waals surface area contributed by atoms with Gasteiger partial charge in [-0.1, -0.05) is 0 Å². The summed E-state index contributed by atoms with van der Waals surface area (Å²) in [7, 11) is 0. The van der Waals surface area contributed by atoms with Crippen LogP contribution in [0.3, 0.4) is 0 Å². The maximum atomic E-state index is 9.16. The summed E-state index contributed by atoms with van der Waals surface area (Å²) >= 11 is 5.11. The van der Waals surface area contributed by atoms with Gasteiger partial charge in [0.05, 0.1) is 15.8 Å². The molecule has 0 amide bonds. The molecule has 1 fully saturated rings. The van der Waals surface area contributed by atoms with Crippen LogP contribution in [0, 0.1) is 11.3 Å². The summed E-state index contributed by atoms with van der Waals surface area (Å²) in [4.78, 5) is 3.57. The SMILES string of the molecule is N#CC(CN1CCCC1)c1ccc(Br)s1. The van der Waals surface area contributed by atoms with Crippen LogP contribution in [0.4, 0.5) is 0 Å². The van der Waals surface area contributed by atoms with E-state index in [4.69, 9.17) is 5.26 Å². The summed E-state index contributed by atoms with van der Waals surface area (Å²) in [5, 5.41) is 9.16. The van der Waals surface area contributed by atoms with Crippen molar-refractivity contribution < 1.29 is 0 Å². The van der Waals surface area contributed by atoms with Gasteiger partial charge in [0.15, 0.2) is 0 Å². The monoisotopic (exact) mass is 284 g/mol. The van der Waals surface area contributed by atoms with Crippen LogP contribution >= 0.6 is 27.3 Å². The van der Waals surface area contributed by atoms with Crippen LogP contribution in [-0.4, -0.2) is 24.5 Å². The van der Waals surface area contributed by atoms with Gasteiger partial charge in [-0.15, -0.1) is 11.3 Å². The molecule has 0 saturated carbocycles. The van der Waals surface area contributed by atoms with Gasteiger partial charge in [-0.05, 0) is 54.0 Å². The van der Waals surface area contributed by atoms with E-state index < -0.39 is 0 Å². The number of hydrogen-bond acceptors (Lipinski definition) is 3. The fourth-order valence-corrected chi connectivity index (χ4v) is 3.39. The molecule has 0 spiro atoms. The minimum absolute atomic E-state index is 0.0411. The lowest BCUT2D eigenvalue weighted by Gasteiger charge is -2.17. The Morgan fingerprint density at radius 3 is 2.73 bits per heavy atom. The van der Waals surface area contributed by atoms with Crippen molar-refractivity contribution in [3.05, 3.63) is 20.8 Å². The van der Waals surface area contributed by atoms with E-state index in [-0.39, 0.29) is 5.92 Å². The minimum atomic E-state index is 0.0411. The smallest absolute Gasteiger partial charge is 0.0932 e. The van der Waals surface area contributed by atoms with E-state index in [0.29, 0.717) is 0 Å². The van der Waals surface area contributed by atoms with Gasteiger partial charge in [0, 0.05) is 11.4 Å². The third-order valence-electron chi connectivity index (χ3n) is 2.73. The fraction of sp³-hybridized carbons (Fsp3) is 0.545. The molecule has 2 heterocycles. The van der Waals surface area contributed by atoms with Crippen LogP contribution in [0.5, 0.6) is 0 Å². The van der Waals surface area contributed by atoms with Crippen LogP contribution in [0.25, 0.3) is 0 Å². The van der Waals surface area contributed by atoms with Crippen LogP contribution in [0.2, 0.25) is 0 Å². The van der Waals surface area contributed by atoms with Gasteiger partial charge in [0.2, 0.25) is 0 Å². The molecule has 2 rings (SSSR count). The second-order valence-electron chi connectivity index (χ2n) is 3.83. The van der Waals surface area contributed by atoms with E-state index in [1.54, 1.807) is 11.3 Å². The van der Waals surface area contributed by atoms with Gasteiger partial charge in [-0.2, -0.15) is 5.26 Å². The Bertz CT molecular complexity index is 363. The van der Waals surface area contributed by atoms with Crippen molar-refractivity contribution in [1.82, 2.24) is 4.90 Å². The van der Waals surface area contributed by atoms with Gasteiger partial charge in [0.1, 0.15) is 0 Å². The van der Waals surface area contributed by atoms with Crippen molar-refractivity contribution in [2.45, 2.75) is 18.8 Å². The predicted octanol–water partition coefficient (Wildman–Crippen LogP) is 3.21. The van der Waals surface area contributed by atoms with Crippen molar-refractivity contribution >= 4 is 27.3 Å². The van der Waals surface area contributed by atoms with Crippen LogP contribution in [-0.2, 0) is 0 Å². The Balaban J connectivity index is 2.01. The average Bonchev–Trinajstić information content (AvgIpc) is 2.85. The molecule has 0 aromatic carbocycles. The number of nitrogens with zero attached hydrogens (tertiary/aromatic N) is 2. The highest BCUT2D eigenvalue weighted by molar-refractivity contribution is 9.11. The first kappa shape index (κ1) is 11.1. The van der Waals surface area contributed by atoms with Gasteiger partial charge in [0.25, 0.3) is 0 Å². The van der Waals surface area contributed by atoms with E-state index in [1.807, 2.05) is 6.07 Å². The highest BCUT2D eigenvalue weighted by atomic mass is 79.9. The van der Waals surface area contributed by atoms with Crippen molar-refractivity contribution in [3.8, 4) is 6.07 Å². The molecule has 0 radical (unpaired) electrons. The van der Waals surface area contributed by atoms with Crippen molar-refractivity contribution in [3.63, 3.8) is 0 Å². The first-order chi connectivity index (χ1) is 7.29. The first-order valence-corrected chi connectivity index (χ1v) is 6.78. The minimum Gasteiger partial charge on any atom is -0.302 e. The van der Waals surface area contributed by atoms with Crippen molar-refractivity contribution in [2.75, 3.05) is 19.6 Å². The van der Waals surface area contributed by atoms with Gasteiger partial charge in [-0.25, -0.2) is 0 Å². The lowest BCUT2D eigenvalue weighted by Crippen LogP contribution is -2.24. The average molecular weight is 285 g/mol. The molecule has 0 N–H and O–H groups in total. The van der Waals surface area contributed by atoms with E-state index in [0.717, 1.165) is 23.4 Å².